The van der Waals surface area contributed by atoms with E-state index in [2.05, 4.69) is 32.5 Å². The molecule has 2 rings (SSSR count). The monoisotopic (exact) mass is 307 g/mol. The molecule has 0 fully saturated rings. The van der Waals surface area contributed by atoms with E-state index in [1.807, 2.05) is 12.1 Å². The second-order valence-corrected chi connectivity index (χ2v) is 5.25. The molecule has 21 heavy (non-hydrogen) atoms. The number of rotatable bonds is 8. The van der Waals surface area contributed by atoms with Crippen LogP contribution >= 0.6 is 11.3 Å². The molecule has 0 amide bonds. The molecule has 2 aromatic heterocycles. The number of hydrogen-bond acceptors (Lipinski definition) is 4. The van der Waals surface area contributed by atoms with Gasteiger partial charge in [-0.15, -0.1) is 0 Å². The van der Waals surface area contributed by atoms with Crippen molar-refractivity contribution in [3.05, 3.63) is 46.5 Å². The van der Waals surface area contributed by atoms with E-state index in [0.29, 0.717) is 13.2 Å². The van der Waals surface area contributed by atoms with Gasteiger partial charge in [-0.25, -0.2) is 4.99 Å². The summed E-state index contributed by atoms with van der Waals surface area (Å²) in [5.74, 6) is 1.77. The van der Waals surface area contributed by atoms with Crippen molar-refractivity contribution >= 4 is 17.3 Å². The normalized spacial score (nSPS) is 11.6. The molecule has 2 aromatic rings. The Labute approximate surface area is 129 Å². The molecule has 0 aliphatic carbocycles. The number of methoxy groups -OCH3 is 1. The van der Waals surface area contributed by atoms with Crippen molar-refractivity contribution in [2.45, 2.75) is 13.0 Å². The number of aliphatic imine (C=N–C) groups is 1. The van der Waals surface area contributed by atoms with Gasteiger partial charge in [0.05, 0.1) is 19.4 Å². The highest BCUT2D eigenvalue weighted by Gasteiger charge is 2.00. The first kappa shape index (κ1) is 15.6. The summed E-state index contributed by atoms with van der Waals surface area (Å²) in [6.45, 7) is 2.83. The topological polar surface area (TPSA) is 58.8 Å². The molecule has 0 radical (unpaired) electrons. The average molecular weight is 307 g/mol. The molecule has 0 aliphatic rings. The van der Waals surface area contributed by atoms with Gasteiger partial charge in [0.2, 0.25) is 0 Å². The third-order valence-corrected chi connectivity index (χ3v) is 3.57. The van der Waals surface area contributed by atoms with Crippen molar-refractivity contribution in [1.29, 1.82) is 0 Å². The maximum absolute atomic E-state index is 5.31. The molecule has 0 bridgehead atoms. The number of ether oxygens (including phenoxy) is 1. The highest BCUT2D eigenvalue weighted by Crippen LogP contribution is 2.06. The Morgan fingerprint density at radius 1 is 1.33 bits per heavy atom. The third-order valence-electron chi connectivity index (χ3n) is 2.84. The summed E-state index contributed by atoms with van der Waals surface area (Å²) >= 11 is 1.69. The van der Waals surface area contributed by atoms with Crippen LogP contribution < -0.4 is 10.6 Å². The van der Waals surface area contributed by atoms with Crippen molar-refractivity contribution in [2.75, 3.05) is 26.8 Å². The van der Waals surface area contributed by atoms with Gasteiger partial charge in [-0.05, 0) is 34.5 Å². The summed E-state index contributed by atoms with van der Waals surface area (Å²) in [5, 5.41) is 10.7. The zero-order chi connectivity index (χ0) is 14.8. The summed E-state index contributed by atoms with van der Waals surface area (Å²) in [5.41, 5.74) is 1.22. The van der Waals surface area contributed by atoms with Crippen LogP contribution in [0, 0.1) is 0 Å². The predicted molar refractivity (Wildman–Crippen MR) is 85.8 cm³/mol. The first-order chi connectivity index (χ1) is 10.4. The van der Waals surface area contributed by atoms with E-state index in [4.69, 9.17) is 9.15 Å². The van der Waals surface area contributed by atoms with Crippen LogP contribution in [0.3, 0.4) is 0 Å². The number of thiophene rings is 1. The van der Waals surface area contributed by atoms with Crippen LogP contribution in [0.25, 0.3) is 0 Å². The van der Waals surface area contributed by atoms with E-state index in [1.54, 1.807) is 24.7 Å². The van der Waals surface area contributed by atoms with Gasteiger partial charge in [0.25, 0.3) is 0 Å². The van der Waals surface area contributed by atoms with Crippen LogP contribution in [0.1, 0.15) is 11.3 Å². The predicted octanol–water partition coefficient (Wildman–Crippen LogP) is 2.27. The molecule has 0 aliphatic heterocycles. The minimum atomic E-state index is 0.650. The lowest BCUT2D eigenvalue weighted by atomic mass is 10.3. The van der Waals surface area contributed by atoms with Crippen molar-refractivity contribution in [2.24, 2.45) is 4.99 Å². The Balaban J connectivity index is 1.80. The highest BCUT2D eigenvalue weighted by molar-refractivity contribution is 7.07. The second kappa shape index (κ2) is 9.20. The Morgan fingerprint density at radius 2 is 2.24 bits per heavy atom. The molecule has 114 valence electrons. The molecule has 5 nitrogen and oxygen atoms in total. The molecular formula is C15H21N3O2S. The van der Waals surface area contributed by atoms with Gasteiger partial charge >= 0.3 is 0 Å². The Bertz CT molecular complexity index is 509. The van der Waals surface area contributed by atoms with Crippen molar-refractivity contribution in [3.8, 4) is 0 Å². The van der Waals surface area contributed by atoms with Crippen LogP contribution in [0.4, 0.5) is 0 Å². The van der Waals surface area contributed by atoms with Crippen LogP contribution in [-0.2, 0) is 17.7 Å². The first-order valence-electron chi connectivity index (χ1n) is 6.93. The van der Waals surface area contributed by atoms with Crippen LogP contribution in [-0.4, -0.2) is 32.8 Å². The lowest BCUT2D eigenvalue weighted by molar-refractivity contribution is 0.203. The maximum atomic E-state index is 5.31. The lowest BCUT2D eigenvalue weighted by Crippen LogP contribution is -2.39. The quantitative estimate of drug-likeness (QED) is 0.446. The van der Waals surface area contributed by atoms with E-state index in [1.165, 1.54) is 5.56 Å². The SMILES string of the molecule is COCCNC(=NCc1ccsc1)NCCc1ccco1. The smallest absolute Gasteiger partial charge is 0.191 e. The van der Waals surface area contributed by atoms with Gasteiger partial charge in [0.1, 0.15) is 5.76 Å². The van der Waals surface area contributed by atoms with E-state index in [-0.39, 0.29) is 0 Å². The third kappa shape index (κ3) is 6.01. The molecule has 0 saturated carbocycles. The van der Waals surface area contributed by atoms with Gasteiger partial charge in [0.15, 0.2) is 5.96 Å². The van der Waals surface area contributed by atoms with Crippen molar-refractivity contribution < 1.29 is 9.15 Å². The van der Waals surface area contributed by atoms with E-state index in [9.17, 15) is 0 Å². The minimum absolute atomic E-state index is 0.650. The maximum Gasteiger partial charge on any atom is 0.191 e. The largest absolute Gasteiger partial charge is 0.469 e. The Kier molecular flexibility index (Phi) is 6.83. The van der Waals surface area contributed by atoms with Gasteiger partial charge < -0.3 is 19.8 Å². The van der Waals surface area contributed by atoms with Crippen LogP contribution in [0.15, 0.2) is 44.6 Å². The summed E-state index contributed by atoms with van der Waals surface area (Å²) in [6.07, 6.45) is 2.52. The molecule has 0 saturated heterocycles. The molecule has 2 heterocycles. The molecule has 6 heteroatoms. The fraction of sp³-hybridized carbons (Fsp3) is 0.400. The Morgan fingerprint density at radius 3 is 2.95 bits per heavy atom. The van der Waals surface area contributed by atoms with E-state index < -0.39 is 0 Å². The van der Waals surface area contributed by atoms with E-state index in [0.717, 1.165) is 31.2 Å². The van der Waals surface area contributed by atoms with Gasteiger partial charge in [-0.1, -0.05) is 0 Å². The summed E-state index contributed by atoms with van der Waals surface area (Å²) in [4.78, 5) is 4.57. The number of furan rings is 1. The number of nitrogens with zero attached hydrogens (tertiary/aromatic N) is 1. The first-order valence-corrected chi connectivity index (χ1v) is 7.87. The zero-order valence-corrected chi connectivity index (χ0v) is 13.0. The summed E-state index contributed by atoms with van der Waals surface area (Å²) in [6, 6.07) is 5.96. The molecule has 0 atom stereocenters. The lowest BCUT2D eigenvalue weighted by Gasteiger charge is -2.11. The fourth-order valence-electron chi connectivity index (χ4n) is 1.76. The average Bonchev–Trinajstić information content (AvgIpc) is 3.18. The fourth-order valence-corrected chi connectivity index (χ4v) is 2.42. The number of guanidine groups is 1. The standard InChI is InChI=1S/C15H21N3O2S/c1-19-9-7-17-15(18-11-13-5-10-21-12-13)16-6-4-14-3-2-8-20-14/h2-3,5,8,10,12H,4,6-7,9,11H2,1H3,(H2,16,17,18). The van der Waals surface area contributed by atoms with Gasteiger partial charge in [-0.3, -0.25) is 0 Å². The molecule has 0 spiro atoms. The summed E-state index contributed by atoms with van der Waals surface area (Å²) < 4.78 is 10.4. The zero-order valence-electron chi connectivity index (χ0n) is 12.2. The molecule has 2 N–H and O–H groups in total. The molecule has 0 unspecified atom stereocenters. The summed E-state index contributed by atoms with van der Waals surface area (Å²) in [7, 11) is 1.69. The van der Waals surface area contributed by atoms with Gasteiger partial charge in [0, 0.05) is 26.6 Å². The van der Waals surface area contributed by atoms with Crippen molar-refractivity contribution in [1.82, 2.24) is 10.6 Å². The number of hydrogen-bond donors (Lipinski definition) is 2. The second-order valence-electron chi connectivity index (χ2n) is 4.47. The molecular weight excluding hydrogens is 286 g/mol. The van der Waals surface area contributed by atoms with Gasteiger partial charge in [-0.2, -0.15) is 11.3 Å². The van der Waals surface area contributed by atoms with Crippen molar-refractivity contribution in [3.63, 3.8) is 0 Å². The van der Waals surface area contributed by atoms with Crippen LogP contribution in [0.2, 0.25) is 0 Å². The van der Waals surface area contributed by atoms with Crippen LogP contribution in [0.5, 0.6) is 0 Å². The minimum Gasteiger partial charge on any atom is -0.469 e. The highest BCUT2D eigenvalue weighted by atomic mass is 32.1. The Hall–Kier alpha value is -1.79. The number of nitrogens with one attached hydrogen (secondary N) is 2. The molecule has 0 aromatic carbocycles. The van der Waals surface area contributed by atoms with E-state index >= 15 is 0 Å².